The van der Waals surface area contributed by atoms with Gasteiger partial charge in [0.2, 0.25) is 0 Å². The van der Waals surface area contributed by atoms with Gasteiger partial charge in [0.15, 0.2) is 5.06 Å². The second-order valence-corrected chi connectivity index (χ2v) is 3.39. The predicted octanol–water partition coefficient (Wildman–Crippen LogP) is 1.74. The molecule has 1 aliphatic rings. The molecular formula is C9H12ClNO3. The number of alkyl halides is 1. The summed E-state index contributed by atoms with van der Waals surface area (Å²) in [5.74, 6) is 0.294. The summed E-state index contributed by atoms with van der Waals surface area (Å²) in [6, 6.07) is 0. The summed E-state index contributed by atoms with van der Waals surface area (Å²) in [7, 11) is 3.04. The molecule has 0 aliphatic heterocycles. The smallest absolute Gasteiger partial charge is 0.171 e. The Morgan fingerprint density at radius 2 is 2.36 bits per heavy atom. The fraction of sp³-hybridized carbons (Fsp3) is 0.444. The van der Waals surface area contributed by atoms with Crippen molar-refractivity contribution in [1.82, 2.24) is 0 Å². The number of nitrogens with zero attached hydrogens (tertiary/aromatic N) is 1. The van der Waals surface area contributed by atoms with E-state index in [0.29, 0.717) is 5.76 Å². The summed E-state index contributed by atoms with van der Waals surface area (Å²) in [6.07, 6.45) is 6.37. The highest BCUT2D eigenvalue weighted by atomic mass is 35.5. The third-order valence-corrected chi connectivity index (χ3v) is 2.58. The number of hydrogen-bond acceptors (Lipinski definition) is 4. The molecule has 0 spiro atoms. The van der Waals surface area contributed by atoms with E-state index in [2.05, 4.69) is 5.16 Å². The Morgan fingerprint density at radius 3 is 2.86 bits per heavy atom. The van der Waals surface area contributed by atoms with Crippen LogP contribution in [-0.4, -0.2) is 30.7 Å². The lowest BCUT2D eigenvalue weighted by atomic mass is 9.97. The van der Waals surface area contributed by atoms with Crippen LogP contribution in [0.1, 0.15) is 0 Å². The molecular weight excluding hydrogens is 206 g/mol. The zero-order chi connectivity index (χ0) is 10.6. The van der Waals surface area contributed by atoms with Gasteiger partial charge in [0, 0.05) is 7.11 Å². The van der Waals surface area contributed by atoms with Gasteiger partial charge >= 0.3 is 0 Å². The van der Waals surface area contributed by atoms with E-state index in [1.165, 1.54) is 13.3 Å². The second-order valence-electron chi connectivity index (χ2n) is 2.80. The molecule has 0 aromatic carbocycles. The third kappa shape index (κ3) is 2.08. The van der Waals surface area contributed by atoms with E-state index in [1.807, 2.05) is 0 Å². The largest absolute Gasteiger partial charge is 0.497 e. The van der Waals surface area contributed by atoms with Crippen molar-refractivity contribution >= 4 is 17.8 Å². The minimum atomic E-state index is -1.01. The fourth-order valence-corrected chi connectivity index (χ4v) is 1.39. The van der Waals surface area contributed by atoms with Gasteiger partial charge in [-0.05, 0) is 18.2 Å². The van der Waals surface area contributed by atoms with Crippen LogP contribution in [0, 0.1) is 5.92 Å². The van der Waals surface area contributed by atoms with Crippen LogP contribution in [0.25, 0.3) is 0 Å². The molecule has 4 nitrogen and oxygen atoms in total. The van der Waals surface area contributed by atoms with Gasteiger partial charge in [-0.1, -0.05) is 11.6 Å². The number of methoxy groups -OCH3 is 2. The number of ether oxygens (including phenoxy) is 2. The quantitative estimate of drug-likeness (QED) is 0.339. The van der Waals surface area contributed by atoms with Gasteiger partial charge in [0.1, 0.15) is 5.76 Å². The van der Waals surface area contributed by atoms with E-state index in [4.69, 9.17) is 26.3 Å². The van der Waals surface area contributed by atoms with Crippen LogP contribution in [-0.2, 0) is 9.47 Å². The van der Waals surface area contributed by atoms with Crippen molar-refractivity contribution in [3.8, 4) is 0 Å². The average molecular weight is 218 g/mol. The average Bonchev–Trinajstić information content (AvgIpc) is 2.22. The van der Waals surface area contributed by atoms with E-state index in [-0.39, 0.29) is 5.92 Å². The molecule has 0 aromatic rings. The van der Waals surface area contributed by atoms with Gasteiger partial charge < -0.3 is 14.7 Å². The maximum absolute atomic E-state index is 8.47. The van der Waals surface area contributed by atoms with Crippen LogP contribution in [0.15, 0.2) is 29.1 Å². The molecule has 0 heterocycles. The molecule has 1 rings (SSSR count). The number of hydrogen-bond donors (Lipinski definition) is 1. The first-order chi connectivity index (χ1) is 6.66. The second kappa shape index (κ2) is 4.48. The zero-order valence-corrected chi connectivity index (χ0v) is 8.73. The highest BCUT2D eigenvalue weighted by Gasteiger charge is 2.35. The lowest BCUT2D eigenvalue weighted by Crippen LogP contribution is -2.34. The van der Waals surface area contributed by atoms with Gasteiger partial charge in [0.05, 0.1) is 19.2 Å². The Morgan fingerprint density at radius 1 is 1.64 bits per heavy atom. The molecule has 0 amide bonds. The monoisotopic (exact) mass is 217 g/mol. The molecule has 1 aliphatic carbocycles. The van der Waals surface area contributed by atoms with Gasteiger partial charge in [-0.2, -0.15) is 0 Å². The summed E-state index contributed by atoms with van der Waals surface area (Å²) in [6.45, 7) is 0. The summed E-state index contributed by atoms with van der Waals surface area (Å²) < 4.78 is 10.1. The van der Waals surface area contributed by atoms with Crippen LogP contribution >= 0.6 is 11.6 Å². The lowest BCUT2D eigenvalue weighted by molar-refractivity contribution is 0.0856. The number of allylic oxidation sites excluding steroid dienone is 1. The molecule has 14 heavy (non-hydrogen) atoms. The van der Waals surface area contributed by atoms with Crippen molar-refractivity contribution in [1.29, 1.82) is 0 Å². The van der Waals surface area contributed by atoms with Crippen LogP contribution in [0.5, 0.6) is 0 Å². The van der Waals surface area contributed by atoms with Crippen LogP contribution in [0.4, 0.5) is 0 Å². The Labute approximate surface area is 87.4 Å². The topological polar surface area (TPSA) is 51.0 Å². The maximum Gasteiger partial charge on any atom is 0.171 e. The fourth-order valence-electron chi connectivity index (χ4n) is 1.21. The Bertz CT molecular complexity index is 288. The minimum absolute atomic E-state index is 0.362. The van der Waals surface area contributed by atoms with Crippen molar-refractivity contribution in [3.05, 3.63) is 24.0 Å². The van der Waals surface area contributed by atoms with Crippen molar-refractivity contribution in [2.24, 2.45) is 11.1 Å². The number of halogens is 1. The molecule has 0 bridgehead atoms. The van der Waals surface area contributed by atoms with E-state index in [1.54, 1.807) is 25.3 Å². The van der Waals surface area contributed by atoms with E-state index in [0.717, 1.165) is 0 Å². The van der Waals surface area contributed by atoms with Crippen LogP contribution in [0.3, 0.4) is 0 Å². The Kier molecular flexibility index (Phi) is 3.55. The molecule has 0 radical (unpaired) electrons. The van der Waals surface area contributed by atoms with Gasteiger partial charge in [-0.3, -0.25) is 0 Å². The number of rotatable bonds is 3. The van der Waals surface area contributed by atoms with Crippen molar-refractivity contribution < 1.29 is 14.7 Å². The molecule has 0 saturated heterocycles. The third-order valence-electron chi connectivity index (χ3n) is 2.05. The Hall–Kier alpha value is -1.00. The standard InChI is InChI=1S/C9H12ClNO3/c1-13-8-3-4-9(10,14-2)7(5-8)6-11-12/h3-7,12H,1-2H3/t7-,9+/m1/s1. The van der Waals surface area contributed by atoms with Crippen LogP contribution in [0.2, 0.25) is 0 Å². The highest BCUT2D eigenvalue weighted by molar-refractivity contribution is 6.25. The predicted molar refractivity (Wildman–Crippen MR) is 53.6 cm³/mol. The van der Waals surface area contributed by atoms with E-state index < -0.39 is 5.06 Å². The van der Waals surface area contributed by atoms with E-state index >= 15 is 0 Å². The summed E-state index contributed by atoms with van der Waals surface area (Å²) >= 11 is 6.12. The van der Waals surface area contributed by atoms with Crippen molar-refractivity contribution in [3.63, 3.8) is 0 Å². The van der Waals surface area contributed by atoms with Gasteiger partial charge in [0.25, 0.3) is 0 Å². The van der Waals surface area contributed by atoms with Gasteiger partial charge in [-0.25, -0.2) is 0 Å². The summed E-state index contributed by atoms with van der Waals surface area (Å²) in [5.41, 5.74) is 0. The molecule has 0 aromatic heterocycles. The molecule has 5 heteroatoms. The molecule has 0 fully saturated rings. The molecule has 0 saturated carbocycles. The Balaban J connectivity index is 2.94. The minimum Gasteiger partial charge on any atom is -0.497 e. The zero-order valence-electron chi connectivity index (χ0n) is 7.98. The molecule has 1 N–H and O–H groups in total. The molecule has 0 unspecified atom stereocenters. The van der Waals surface area contributed by atoms with Gasteiger partial charge in [-0.15, -0.1) is 5.16 Å². The van der Waals surface area contributed by atoms with Crippen molar-refractivity contribution in [2.45, 2.75) is 5.06 Å². The number of oxime groups is 1. The first kappa shape index (κ1) is 11.1. The molecule has 78 valence electrons. The summed E-state index contributed by atoms with van der Waals surface area (Å²) in [5, 5.41) is 10.4. The maximum atomic E-state index is 8.47. The first-order valence-electron chi connectivity index (χ1n) is 4.03. The highest BCUT2D eigenvalue weighted by Crippen LogP contribution is 2.33. The van der Waals surface area contributed by atoms with E-state index in [9.17, 15) is 0 Å². The normalized spacial score (nSPS) is 31.9. The molecule has 2 atom stereocenters. The summed E-state index contributed by atoms with van der Waals surface area (Å²) in [4.78, 5) is 0. The van der Waals surface area contributed by atoms with Crippen LogP contribution < -0.4 is 0 Å². The van der Waals surface area contributed by atoms with Crippen molar-refractivity contribution in [2.75, 3.05) is 14.2 Å². The SMILES string of the molecule is COC1=C[C@H](C=NO)[C@@](Cl)(OC)C=C1. The first-order valence-corrected chi connectivity index (χ1v) is 4.40. The lowest BCUT2D eigenvalue weighted by Gasteiger charge is -2.29.